The smallest absolute Gasteiger partial charge is 0.136 e. The third kappa shape index (κ3) is 11.2. The van der Waals surface area contributed by atoms with E-state index in [2.05, 4.69) is 226 Å². The van der Waals surface area contributed by atoms with E-state index in [9.17, 15) is 0 Å². The van der Waals surface area contributed by atoms with Crippen molar-refractivity contribution in [3.63, 3.8) is 0 Å². The lowest BCUT2D eigenvalue weighted by atomic mass is 9.80. The van der Waals surface area contributed by atoms with E-state index in [0.717, 1.165) is 130 Å². The van der Waals surface area contributed by atoms with Crippen LogP contribution in [0.4, 0.5) is 0 Å². The number of nitriles is 4. The molecule has 0 fully saturated rings. The topological polar surface area (TPSA) is 198 Å². The summed E-state index contributed by atoms with van der Waals surface area (Å²) in [5.41, 5.74) is 20.1. The molecule has 18 heteroatoms. The molecule has 19 aromatic rings. The molecule has 0 aliphatic carbocycles. The zero-order valence-electron chi connectivity index (χ0n) is 60.0. The highest BCUT2D eigenvalue weighted by Gasteiger charge is 2.31. The molecular formula is C88H64N12S6. The molecule has 8 aromatic heterocycles. The molecule has 106 heavy (non-hydrogen) atoms. The predicted octanol–water partition coefficient (Wildman–Crippen LogP) is 23.6. The molecule has 0 saturated carbocycles. The van der Waals surface area contributed by atoms with E-state index in [-0.39, 0.29) is 32.8 Å². The van der Waals surface area contributed by atoms with Crippen molar-refractivity contribution in [2.24, 2.45) is 0 Å². The molecule has 0 radical (unpaired) electrons. The van der Waals surface area contributed by atoms with Crippen molar-refractivity contribution in [3.8, 4) is 66.0 Å². The van der Waals surface area contributed by atoms with Crippen LogP contribution in [0.1, 0.15) is 105 Å². The molecule has 0 amide bonds. The number of hydrogen-bond donors (Lipinski definition) is 0. The molecule has 8 heterocycles. The third-order valence-electron chi connectivity index (χ3n) is 20.2. The van der Waals surface area contributed by atoms with Crippen LogP contribution in [-0.4, -0.2) is 37.4 Å². The lowest BCUT2D eigenvalue weighted by Gasteiger charge is -2.24. The molecule has 0 N–H and O–H groups in total. The van der Waals surface area contributed by atoms with Gasteiger partial charge in [-0.25, -0.2) is 19.9 Å². The highest BCUT2D eigenvalue weighted by atomic mass is 32.1. The summed E-state index contributed by atoms with van der Waals surface area (Å²) >= 11 is 9.37. The highest BCUT2D eigenvalue weighted by molar-refractivity contribution is 7.15. The van der Waals surface area contributed by atoms with Gasteiger partial charge in [-0.2, -0.15) is 38.5 Å². The van der Waals surface area contributed by atoms with E-state index >= 15 is 0 Å². The first-order valence-electron chi connectivity index (χ1n) is 34.7. The molecule has 11 aromatic carbocycles. The summed E-state index contributed by atoms with van der Waals surface area (Å²) < 4.78 is 19.5. The Balaban J connectivity index is 0.000000130. The second-order valence-corrected chi connectivity index (χ2v) is 35.8. The summed E-state index contributed by atoms with van der Waals surface area (Å²) in [6.45, 7) is 27.4. The largest absolute Gasteiger partial charge is 0.243 e. The van der Waals surface area contributed by atoms with E-state index in [1.54, 1.807) is 69.6 Å². The first-order valence-corrected chi connectivity index (χ1v) is 39.6. The standard InChI is InChI=1S/2C38H30N4S3.C12H4N4/c2*1-37(2,3)21-15-19-11-12-20-16-22(38(4,5)6)18-24-28(20)27(19)23(17-21)31-32(24)40-34-30(26-10-8-14-44-26)36-35(41-45-42-36)29(33(34)39-31)25-9-7-13-43-25;13-5-11(6-14)9-1-2-10(4-3-9)12(7-15)8-16/h2*7-18H,1-6H3;1-4H. The minimum Gasteiger partial charge on any atom is -0.243 e. The van der Waals surface area contributed by atoms with Gasteiger partial charge in [0.25, 0.3) is 0 Å². The Bertz CT molecular complexity index is 6310. The summed E-state index contributed by atoms with van der Waals surface area (Å²) in [5, 5.41) is 58.7. The summed E-state index contributed by atoms with van der Waals surface area (Å²) in [5.74, 6) is 0. The van der Waals surface area contributed by atoms with Crippen molar-refractivity contribution >= 4 is 211 Å². The van der Waals surface area contributed by atoms with Crippen molar-refractivity contribution in [1.29, 1.82) is 21.0 Å². The van der Waals surface area contributed by atoms with Crippen LogP contribution < -0.4 is 10.4 Å². The Kier molecular flexibility index (Phi) is 16.2. The average Bonchev–Trinajstić information content (AvgIpc) is 0.972. The molecule has 0 spiro atoms. The fourth-order valence-corrected chi connectivity index (χ4v) is 18.9. The Morgan fingerprint density at radius 1 is 0.283 bits per heavy atom. The van der Waals surface area contributed by atoms with E-state index in [1.165, 1.54) is 113 Å². The minimum atomic E-state index is -0.0205. The third-order valence-corrected chi connectivity index (χ3v) is 24.8. The maximum absolute atomic E-state index is 8.63. The molecule has 0 aliphatic rings. The Morgan fingerprint density at radius 3 is 0.698 bits per heavy atom. The van der Waals surface area contributed by atoms with Crippen molar-refractivity contribution < 1.29 is 0 Å². The van der Waals surface area contributed by atoms with Crippen molar-refractivity contribution in [2.45, 2.75) is 105 Å². The fraction of sp³-hybridized carbons (Fsp3) is 0.182. The predicted molar refractivity (Wildman–Crippen MR) is 446 cm³/mol. The second-order valence-electron chi connectivity index (χ2n) is 31.0. The molecule has 0 unspecified atom stereocenters. The van der Waals surface area contributed by atoms with Crippen molar-refractivity contribution in [3.05, 3.63) is 200 Å². The number of thiophene rings is 4. The fourth-order valence-electron chi connectivity index (χ4n) is 14.7. The zero-order valence-corrected chi connectivity index (χ0v) is 64.9. The van der Waals surface area contributed by atoms with Crippen LogP contribution in [-0.2, 0) is 21.7 Å². The van der Waals surface area contributed by atoms with Gasteiger partial charge in [0.1, 0.15) is 79.6 Å². The van der Waals surface area contributed by atoms with Gasteiger partial charge >= 0.3 is 0 Å². The molecule has 12 nitrogen and oxygen atoms in total. The van der Waals surface area contributed by atoms with Crippen molar-refractivity contribution in [2.75, 3.05) is 0 Å². The van der Waals surface area contributed by atoms with E-state index in [0.29, 0.717) is 10.4 Å². The Labute approximate surface area is 634 Å². The SMILES string of the molecule is CC(C)(C)c1cc2ccc3cc(C(C)(C)C)cc4c5nc6c(-c7cccs7)c7nsnc7c(-c7cccs7)c6nc5c(c1)c2c34.CC(C)(C)c1cc2ccc3cc(C(C)(C)C)cc4c5nc6c(-c7cccs7)c7nsnc7c(-c7cccs7)c6nc5c(c1)c2c34.N#CC(C#N)=c1ccc(=C(C#N)C#N)cc1. The van der Waals surface area contributed by atoms with Gasteiger partial charge in [-0.15, -0.1) is 45.3 Å². The lowest BCUT2D eigenvalue weighted by Crippen LogP contribution is -2.12. The summed E-state index contributed by atoms with van der Waals surface area (Å²) in [6.07, 6.45) is 0. The summed E-state index contributed by atoms with van der Waals surface area (Å²) in [6, 6.07) is 58.4. The van der Waals surface area contributed by atoms with E-state index in [4.69, 9.17) is 58.5 Å². The van der Waals surface area contributed by atoms with Crippen LogP contribution >= 0.6 is 68.8 Å². The van der Waals surface area contributed by atoms with Crippen LogP contribution in [0.25, 0.3) is 184 Å². The summed E-state index contributed by atoms with van der Waals surface area (Å²) in [7, 11) is 0. The molecule has 0 aliphatic heterocycles. The molecule has 0 saturated heterocycles. The van der Waals surface area contributed by atoms with E-state index < -0.39 is 0 Å². The van der Waals surface area contributed by atoms with Crippen LogP contribution in [0.5, 0.6) is 0 Å². The Hall–Kier alpha value is -11.2. The number of benzene rings is 11. The lowest BCUT2D eigenvalue weighted by molar-refractivity contribution is 0.591. The van der Waals surface area contributed by atoms with Crippen LogP contribution in [0.3, 0.4) is 0 Å². The van der Waals surface area contributed by atoms with Gasteiger partial charge in [0.15, 0.2) is 0 Å². The molecule has 0 bridgehead atoms. The van der Waals surface area contributed by atoms with Crippen LogP contribution in [0.15, 0.2) is 167 Å². The number of hydrogen-bond acceptors (Lipinski definition) is 18. The quantitative estimate of drug-likeness (QED) is 0.119. The number of rotatable bonds is 4. The normalized spacial score (nSPS) is 12.3. The maximum atomic E-state index is 8.63. The Morgan fingerprint density at radius 2 is 0.509 bits per heavy atom. The summed E-state index contributed by atoms with van der Waals surface area (Å²) in [4.78, 5) is 27.3. The minimum absolute atomic E-state index is 0.00187. The monoisotopic (exact) mass is 1480 g/mol. The number of nitrogens with zero attached hydrogens (tertiary/aromatic N) is 12. The van der Waals surface area contributed by atoms with Gasteiger partial charge < -0.3 is 0 Å². The average molecular weight is 1480 g/mol. The van der Waals surface area contributed by atoms with Gasteiger partial charge in [0, 0.05) is 73.7 Å². The van der Waals surface area contributed by atoms with Gasteiger partial charge in [0.05, 0.1) is 45.5 Å². The van der Waals surface area contributed by atoms with Gasteiger partial charge in [0.2, 0.25) is 0 Å². The van der Waals surface area contributed by atoms with Gasteiger partial charge in [-0.3, -0.25) is 0 Å². The number of fused-ring (bicyclic) bond motifs is 10. The second kappa shape index (κ2) is 25.3. The molecule has 0 atom stereocenters. The van der Waals surface area contributed by atoms with Crippen LogP contribution in [0, 0.1) is 45.3 Å². The molecule has 19 rings (SSSR count). The van der Waals surface area contributed by atoms with Crippen molar-refractivity contribution in [1.82, 2.24) is 37.4 Å². The van der Waals surface area contributed by atoms with Crippen LogP contribution in [0.2, 0.25) is 0 Å². The zero-order chi connectivity index (χ0) is 73.6. The van der Waals surface area contributed by atoms with Gasteiger partial charge in [-0.05, 0) is 157 Å². The molecule has 512 valence electrons. The maximum Gasteiger partial charge on any atom is 0.136 e. The first kappa shape index (κ1) is 68.0. The van der Waals surface area contributed by atoms with E-state index in [1.807, 2.05) is 0 Å². The molecular weight excluding hydrogens is 1420 g/mol. The highest BCUT2D eigenvalue weighted by Crippen LogP contribution is 2.51. The number of aromatic nitrogens is 8. The van der Waals surface area contributed by atoms with Gasteiger partial charge in [-0.1, -0.05) is 180 Å². The first-order chi connectivity index (χ1) is 50.9.